The maximum absolute atomic E-state index is 12.9. The molecule has 2 rings (SSSR count). The Bertz CT molecular complexity index is 502. The maximum atomic E-state index is 12.9. The van der Waals surface area contributed by atoms with Crippen LogP contribution in [0.1, 0.15) is 30.1 Å². The molecule has 1 unspecified atom stereocenters. The number of rotatable bonds is 4. The van der Waals surface area contributed by atoms with Gasteiger partial charge in [-0.15, -0.1) is 0 Å². The van der Waals surface area contributed by atoms with E-state index in [9.17, 15) is 14.3 Å². The molecule has 0 radical (unpaired) electrons. The van der Waals surface area contributed by atoms with Crippen molar-refractivity contribution in [2.24, 2.45) is 5.73 Å². The first-order valence-electron chi connectivity index (χ1n) is 7.15. The van der Waals surface area contributed by atoms with Gasteiger partial charge in [-0.1, -0.05) is 0 Å². The predicted molar refractivity (Wildman–Crippen MR) is 76.6 cm³/mol. The molecule has 3 N–H and O–H groups in total. The third-order valence-corrected chi connectivity index (χ3v) is 3.89. The van der Waals surface area contributed by atoms with Crippen LogP contribution in [0.4, 0.5) is 4.39 Å². The topological polar surface area (TPSA) is 75.8 Å². The lowest BCUT2D eigenvalue weighted by Gasteiger charge is -2.35. The highest BCUT2D eigenvalue weighted by atomic mass is 19.1. The Morgan fingerprint density at radius 1 is 1.52 bits per heavy atom. The average molecular weight is 296 g/mol. The summed E-state index contributed by atoms with van der Waals surface area (Å²) in [6.45, 7) is 4.33. The first-order valence-corrected chi connectivity index (χ1v) is 7.15. The zero-order valence-corrected chi connectivity index (χ0v) is 12.1. The van der Waals surface area contributed by atoms with Gasteiger partial charge < -0.3 is 15.6 Å². The highest BCUT2D eigenvalue weighted by Crippen LogP contribution is 2.22. The highest BCUT2D eigenvalue weighted by Gasteiger charge is 2.25. The van der Waals surface area contributed by atoms with E-state index in [2.05, 4.69) is 11.8 Å². The predicted octanol–water partition coefficient (Wildman–Crippen LogP) is 1.50. The Morgan fingerprint density at radius 2 is 2.19 bits per heavy atom. The molecule has 0 amide bonds. The normalized spacial score (nSPS) is 18.4. The Labute approximate surface area is 123 Å². The standard InChI is InChI=1S/C15H21FN2O3/c1-10(9-17)18-6-4-12(5-7-18)21-15(20)13-3-2-11(16)8-14(13)19/h2-3,8,10,12,19H,4-7,9,17H2,1H3. The van der Waals surface area contributed by atoms with Crippen molar-refractivity contribution in [1.82, 2.24) is 4.90 Å². The van der Waals surface area contributed by atoms with E-state index in [0.717, 1.165) is 38.1 Å². The summed E-state index contributed by atoms with van der Waals surface area (Å²) in [5.74, 6) is -1.60. The van der Waals surface area contributed by atoms with Crippen LogP contribution in [0.25, 0.3) is 0 Å². The van der Waals surface area contributed by atoms with E-state index in [1.54, 1.807) is 0 Å². The lowest BCUT2D eigenvalue weighted by atomic mass is 10.1. The molecule has 1 atom stereocenters. The molecule has 0 bridgehead atoms. The molecule has 1 saturated heterocycles. The van der Waals surface area contributed by atoms with Crippen LogP contribution in [0.5, 0.6) is 5.75 Å². The number of esters is 1. The zero-order valence-electron chi connectivity index (χ0n) is 12.1. The van der Waals surface area contributed by atoms with Crippen LogP contribution in [0.15, 0.2) is 18.2 Å². The monoisotopic (exact) mass is 296 g/mol. The van der Waals surface area contributed by atoms with Crippen molar-refractivity contribution in [3.63, 3.8) is 0 Å². The van der Waals surface area contributed by atoms with Gasteiger partial charge in [-0.2, -0.15) is 0 Å². The largest absolute Gasteiger partial charge is 0.507 e. The first-order chi connectivity index (χ1) is 10.0. The van der Waals surface area contributed by atoms with Crippen LogP contribution >= 0.6 is 0 Å². The van der Waals surface area contributed by atoms with Crippen LogP contribution in [0.2, 0.25) is 0 Å². The van der Waals surface area contributed by atoms with Gasteiger partial charge in [0.1, 0.15) is 23.2 Å². The molecule has 0 aliphatic carbocycles. The summed E-state index contributed by atoms with van der Waals surface area (Å²) in [7, 11) is 0. The third kappa shape index (κ3) is 3.92. The minimum atomic E-state index is -0.613. The molecule has 0 saturated carbocycles. The van der Waals surface area contributed by atoms with Gasteiger partial charge in [0.15, 0.2) is 0 Å². The van der Waals surface area contributed by atoms with Crippen molar-refractivity contribution in [2.45, 2.75) is 31.9 Å². The van der Waals surface area contributed by atoms with E-state index in [-0.39, 0.29) is 11.7 Å². The molecule has 5 nitrogen and oxygen atoms in total. The van der Waals surface area contributed by atoms with E-state index < -0.39 is 17.5 Å². The Morgan fingerprint density at radius 3 is 2.76 bits per heavy atom. The summed E-state index contributed by atoms with van der Waals surface area (Å²) in [4.78, 5) is 14.2. The number of nitrogens with zero attached hydrogens (tertiary/aromatic N) is 1. The molecule has 0 spiro atoms. The van der Waals surface area contributed by atoms with Gasteiger partial charge in [0, 0.05) is 31.7 Å². The molecule has 1 aromatic rings. The van der Waals surface area contributed by atoms with Gasteiger partial charge in [0.05, 0.1) is 0 Å². The number of nitrogens with two attached hydrogens (primary N) is 1. The van der Waals surface area contributed by atoms with Crippen LogP contribution in [0, 0.1) is 5.82 Å². The number of carbonyl (C=O) groups excluding carboxylic acids is 1. The molecule has 6 heteroatoms. The molecule has 116 valence electrons. The van der Waals surface area contributed by atoms with Crippen molar-refractivity contribution < 1.29 is 19.0 Å². The number of likely N-dealkylation sites (tertiary alicyclic amines) is 1. The van der Waals surface area contributed by atoms with Crippen LogP contribution in [-0.4, -0.2) is 47.8 Å². The van der Waals surface area contributed by atoms with Crippen molar-refractivity contribution in [1.29, 1.82) is 0 Å². The molecule has 1 aromatic carbocycles. The second kappa shape index (κ2) is 6.87. The summed E-state index contributed by atoms with van der Waals surface area (Å²) in [6, 6.07) is 3.59. The van der Waals surface area contributed by atoms with Gasteiger partial charge in [-0.05, 0) is 31.9 Å². The minimum Gasteiger partial charge on any atom is -0.507 e. The lowest BCUT2D eigenvalue weighted by molar-refractivity contribution is 0.00710. The maximum Gasteiger partial charge on any atom is 0.342 e. The van der Waals surface area contributed by atoms with Gasteiger partial charge in [0.2, 0.25) is 0 Å². The number of piperidine rings is 1. The number of aromatic hydroxyl groups is 1. The fourth-order valence-corrected chi connectivity index (χ4v) is 2.48. The number of ether oxygens (including phenoxy) is 1. The van der Waals surface area contributed by atoms with Gasteiger partial charge in [-0.3, -0.25) is 4.90 Å². The zero-order chi connectivity index (χ0) is 15.4. The fraction of sp³-hybridized carbons (Fsp3) is 0.533. The Hall–Kier alpha value is -1.66. The summed E-state index contributed by atoms with van der Waals surface area (Å²) >= 11 is 0. The molecular weight excluding hydrogens is 275 g/mol. The van der Waals surface area contributed by atoms with Crippen molar-refractivity contribution in [3.8, 4) is 5.75 Å². The quantitative estimate of drug-likeness (QED) is 0.824. The minimum absolute atomic E-state index is 0.00541. The second-order valence-electron chi connectivity index (χ2n) is 5.39. The number of carbonyl (C=O) groups is 1. The van der Waals surface area contributed by atoms with E-state index in [1.165, 1.54) is 6.07 Å². The molecular formula is C15H21FN2O3. The van der Waals surface area contributed by atoms with Crippen LogP contribution in [0.3, 0.4) is 0 Å². The smallest absolute Gasteiger partial charge is 0.342 e. The van der Waals surface area contributed by atoms with Gasteiger partial charge >= 0.3 is 5.97 Å². The number of benzene rings is 1. The molecule has 1 heterocycles. The summed E-state index contributed by atoms with van der Waals surface area (Å²) in [6.07, 6.45) is 1.29. The molecule has 21 heavy (non-hydrogen) atoms. The average Bonchev–Trinajstić information content (AvgIpc) is 2.47. The molecule has 1 aliphatic heterocycles. The number of phenols is 1. The molecule has 0 aromatic heterocycles. The van der Waals surface area contributed by atoms with Gasteiger partial charge in [0.25, 0.3) is 0 Å². The van der Waals surface area contributed by atoms with E-state index in [1.807, 2.05) is 0 Å². The first kappa shape index (κ1) is 15.7. The van der Waals surface area contributed by atoms with Crippen molar-refractivity contribution >= 4 is 5.97 Å². The van der Waals surface area contributed by atoms with Gasteiger partial charge in [-0.25, -0.2) is 9.18 Å². The number of hydrogen-bond donors (Lipinski definition) is 2. The van der Waals surface area contributed by atoms with Crippen LogP contribution < -0.4 is 5.73 Å². The second-order valence-corrected chi connectivity index (χ2v) is 5.39. The van der Waals surface area contributed by atoms with E-state index >= 15 is 0 Å². The van der Waals surface area contributed by atoms with Crippen LogP contribution in [-0.2, 0) is 4.74 Å². The fourth-order valence-electron chi connectivity index (χ4n) is 2.48. The van der Waals surface area contributed by atoms with E-state index in [4.69, 9.17) is 10.5 Å². The number of halogens is 1. The van der Waals surface area contributed by atoms with E-state index in [0.29, 0.717) is 12.6 Å². The number of hydrogen-bond acceptors (Lipinski definition) is 5. The summed E-state index contributed by atoms with van der Waals surface area (Å²) in [5.41, 5.74) is 5.63. The Balaban J connectivity index is 1.90. The Kier molecular flexibility index (Phi) is 5.14. The SMILES string of the molecule is CC(CN)N1CCC(OC(=O)c2ccc(F)cc2O)CC1. The molecule has 1 aliphatic rings. The molecule has 1 fully saturated rings. The summed E-state index contributed by atoms with van der Waals surface area (Å²) < 4.78 is 18.3. The lowest BCUT2D eigenvalue weighted by Crippen LogP contribution is -2.45. The van der Waals surface area contributed by atoms with Crippen molar-refractivity contribution in [3.05, 3.63) is 29.6 Å². The highest BCUT2D eigenvalue weighted by molar-refractivity contribution is 5.92. The number of phenolic OH excluding ortho intramolecular Hbond substituents is 1. The summed E-state index contributed by atoms with van der Waals surface area (Å²) in [5, 5.41) is 9.58. The van der Waals surface area contributed by atoms with Crippen molar-refractivity contribution in [2.75, 3.05) is 19.6 Å². The third-order valence-electron chi connectivity index (χ3n) is 3.89.